The van der Waals surface area contributed by atoms with Crippen LogP contribution in [-0.4, -0.2) is 23.8 Å². The number of hydrogen-bond donors (Lipinski definition) is 0. The maximum atomic E-state index is 11.0. The smallest absolute Gasteiger partial charge is 0.136 e. The number of Topliss-reactive ketones (excluding diaryl/α,β-unsaturated/α-hetero) is 1. The Kier molecular flexibility index (Phi) is 1.80. The number of halogens is 1. The molecule has 0 heterocycles. The number of carbonyl (C=O) groups is 1. The summed E-state index contributed by atoms with van der Waals surface area (Å²) in [7, 11) is 1.72. The molecule has 62 valence electrons. The highest BCUT2D eigenvalue weighted by Gasteiger charge is 2.52. The van der Waals surface area contributed by atoms with E-state index in [9.17, 15) is 4.79 Å². The first-order valence-electron chi connectivity index (χ1n) is 3.93. The molecular weight excluding hydrogens is 208 g/mol. The van der Waals surface area contributed by atoms with Crippen molar-refractivity contribution in [2.45, 2.75) is 23.8 Å². The first-order chi connectivity index (χ1) is 5.24. The van der Waals surface area contributed by atoms with Crippen molar-refractivity contribution in [3.05, 3.63) is 0 Å². The Morgan fingerprint density at radius 2 is 2.36 bits per heavy atom. The molecule has 4 atom stereocenters. The number of carbonyl (C=O) groups excluding carboxylic acids is 1. The van der Waals surface area contributed by atoms with Gasteiger partial charge in [-0.25, -0.2) is 0 Å². The SMILES string of the molecule is CO[C@@H]1CC2C(=O)CC2[C@H]1Br. The van der Waals surface area contributed by atoms with Gasteiger partial charge < -0.3 is 4.74 Å². The van der Waals surface area contributed by atoms with Crippen LogP contribution in [0.15, 0.2) is 0 Å². The minimum atomic E-state index is 0.261. The summed E-state index contributed by atoms with van der Waals surface area (Å²) in [6.07, 6.45) is 1.95. The summed E-state index contributed by atoms with van der Waals surface area (Å²) >= 11 is 3.57. The fourth-order valence-corrected chi connectivity index (χ4v) is 3.11. The van der Waals surface area contributed by atoms with Crippen molar-refractivity contribution >= 4 is 21.7 Å². The van der Waals surface area contributed by atoms with Crippen LogP contribution in [-0.2, 0) is 9.53 Å². The predicted molar refractivity (Wildman–Crippen MR) is 44.7 cm³/mol. The lowest BCUT2D eigenvalue weighted by molar-refractivity contribution is -0.132. The largest absolute Gasteiger partial charge is 0.380 e. The number of alkyl halides is 1. The summed E-state index contributed by atoms with van der Waals surface area (Å²) in [4.78, 5) is 11.5. The molecule has 11 heavy (non-hydrogen) atoms. The summed E-state index contributed by atoms with van der Waals surface area (Å²) in [5.41, 5.74) is 0. The van der Waals surface area contributed by atoms with Gasteiger partial charge in [0.1, 0.15) is 5.78 Å². The molecule has 2 unspecified atom stereocenters. The molecule has 0 N–H and O–H groups in total. The molecule has 2 aliphatic carbocycles. The van der Waals surface area contributed by atoms with Crippen molar-refractivity contribution < 1.29 is 9.53 Å². The van der Waals surface area contributed by atoms with E-state index in [1.54, 1.807) is 7.11 Å². The molecule has 2 fully saturated rings. The second-order valence-electron chi connectivity index (χ2n) is 3.40. The summed E-state index contributed by atoms with van der Waals surface area (Å²) in [5.74, 6) is 1.30. The highest BCUT2D eigenvalue weighted by atomic mass is 79.9. The fraction of sp³-hybridized carbons (Fsp3) is 0.875. The minimum Gasteiger partial charge on any atom is -0.380 e. The van der Waals surface area contributed by atoms with Crippen LogP contribution in [0.5, 0.6) is 0 Å². The van der Waals surface area contributed by atoms with Gasteiger partial charge in [-0.1, -0.05) is 15.9 Å². The minimum absolute atomic E-state index is 0.261. The molecule has 2 saturated carbocycles. The van der Waals surface area contributed by atoms with E-state index >= 15 is 0 Å². The van der Waals surface area contributed by atoms with E-state index in [1.165, 1.54) is 0 Å². The molecule has 0 amide bonds. The van der Waals surface area contributed by atoms with Gasteiger partial charge in [0.15, 0.2) is 0 Å². The summed E-state index contributed by atoms with van der Waals surface area (Å²) in [6, 6.07) is 0. The number of fused-ring (bicyclic) bond motifs is 1. The Hall–Kier alpha value is 0.110. The number of methoxy groups -OCH3 is 1. The maximum absolute atomic E-state index is 11.0. The Morgan fingerprint density at radius 3 is 2.82 bits per heavy atom. The van der Waals surface area contributed by atoms with Crippen LogP contribution in [0, 0.1) is 11.8 Å². The zero-order chi connectivity index (χ0) is 8.01. The van der Waals surface area contributed by atoms with Crippen LogP contribution in [0.25, 0.3) is 0 Å². The number of rotatable bonds is 1. The number of hydrogen-bond acceptors (Lipinski definition) is 2. The van der Waals surface area contributed by atoms with Gasteiger partial charge in [-0.05, 0) is 12.3 Å². The van der Waals surface area contributed by atoms with E-state index in [2.05, 4.69) is 15.9 Å². The van der Waals surface area contributed by atoms with Gasteiger partial charge in [0, 0.05) is 24.3 Å². The van der Waals surface area contributed by atoms with E-state index in [4.69, 9.17) is 4.74 Å². The summed E-state index contributed by atoms with van der Waals surface area (Å²) in [5, 5.41) is 0. The van der Waals surface area contributed by atoms with Gasteiger partial charge in [-0.3, -0.25) is 4.79 Å². The van der Waals surface area contributed by atoms with Gasteiger partial charge in [0.25, 0.3) is 0 Å². The molecule has 2 rings (SSSR count). The van der Waals surface area contributed by atoms with Crippen LogP contribution in [0.2, 0.25) is 0 Å². The van der Waals surface area contributed by atoms with E-state index in [1.807, 2.05) is 0 Å². The Morgan fingerprint density at radius 1 is 1.64 bits per heavy atom. The lowest BCUT2D eigenvalue weighted by atomic mass is 9.75. The molecular formula is C8H11BrO2. The van der Waals surface area contributed by atoms with Gasteiger partial charge in [0.2, 0.25) is 0 Å². The van der Waals surface area contributed by atoms with Crippen molar-refractivity contribution in [3.63, 3.8) is 0 Å². The van der Waals surface area contributed by atoms with Crippen molar-refractivity contribution in [1.82, 2.24) is 0 Å². The van der Waals surface area contributed by atoms with Crippen LogP contribution in [0.1, 0.15) is 12.8 Å². The average molecular weight is 219 g/mol. The number of ether oxygens (including phenoxy) is 1. The zero-order valence-electron chi connectivity index (χ0n) is 6.42. The van der Waals surface area contributed by atoms with E-state index in [-0.39, 0.29) is 6.10 Å². The number of ketones is 1. The molecule has 0 aromatic rings. The zero-order valence-corrected chi connectivity index (χ0v) is 8.00. The quantitative estimate of drug-likeness (QED) is 0.622. The highest BCUT2D eigenvalue weighted by Crippen LogP contribution is 2.48. The van der Waals surface area contributed by atoms with Gasteiger partial charge >= 0.3 is 0 Å². The van der Waals surface area contributed by atoms with Gasteiger partial charge in [-0.15, -0.1) is 0 Å². The molecule has 0 spiro atoms. The van der Waals surface area contributed by atoms with Crippen molar-refractivity contribution in [2.75, 3.05) is 7.11 Å². The second kappa shape index (κ2) is 2.56. The van der Waals surface area contributed by atoms with Crippen LogP contribution in [0.3, 0.4) is 0 Å². The third kappa shape index (κ3) is 0.975. The lowest BCUT2D eigenvalue weighted by Gasteiger charge is -2.29. The average Bonchev–Trinajstić information content (AvgIpc) is 2.24. The summed E-state index contributed by atoms with van der Waals surface area (Å²) < 4.78 is 5.25. The van der Waals surface area contributed by atoms with Crippen molar-refractivity contribution in [1.29, 1.82) is 0 Å². The van der Waals surface area contributed by atoms with E-state index in [0.717, 1.165) is 12.8 Å². The molecule has 3 heteroatoms. The normalized spacial score (nSPS) is 48.7. The molecule has 0 radical (unpaired) electrons. The van der Waals surface area contributed by atoms with E-state index < -0.39 is 0 Å². The van der Waals surface area contributed by atoms with Crippen molar-refractivity contribution in [3.8, 4) is 0 Å². The molecule has 0 aliphatic heterocycles. The van der Waals surface area contributed by atoms with Crippen LogP contribution < -0.4 is 0 Å². The third-order valence-electron chi connectivity index (χ3n) is 2.92. The Balaban J connectivity index is 2.08. The molecule has 0 saturated heterocycles. The van der Waals surface area contributed by atoms with Crippen LogP contribution >= 0.6 is 15.9 Å². The molecule has 2 nitrogen and oxygen atoms in total. The van der Waals surface area contributed by atoms with Crippen LogP contribution in [0.4, 0.5) is 0 Å². The lowest BCUT2D eigenvalue weighted by Crippen LogP contribution is -2.36. The fourth-order valence-electron chi connectivity index (χ4n) is 2.13. The maximum Gasteiger partial charge on any atom is 0.136 e. The first-order valence-corrected chi connectivity index (χ1v) is 4.85. The summed E-state index contributed by atoms with van der Waals surface area (Å²) in [6.45, 7) is 0. The van der Waals surface area contributed by atoms with Gasteiger partial charge in [-0.2, -0.15) is 0 Å². The molecule has 0 aromatic carbocycles. The first kappa shape index (κ1) is 7.74. The van der Waals surface area contributed by atoms with Gasteiger partial charge in [0.05, 0.1) is 6.10 Å². The topological polar surface area (TPSA) is 26.3 Å². The van der Waals surface area contributed by atoms with Crippen molar-refractivity contribution in [2.24, 2.45) is 11.8 Å². The Bertz CT molecular complexity index is 193. The molecule has 0 bridgehead atoms. The monoisotopic (exact) mass is 218 g/mol. The molecule has 2 aliphatic rings. The Labute approximate surface area is 74.4 Å². The van der Waals surface area contributed by atoms with E-state index in [0.29, 0.717) is 22.4 Å². The third-order valence-corrected chi connectivity index (χ3v) is 4.19. The highest BCUT2D eigenvalue weighted by molar-refractivity contribution is 9.09. The second-order valence-corrected chi connectivity index (χ2v) is 4.45. The predicted octanol–water partition coefficient (Wildman–Crippen LogP) is 1.37. The molecule has 0 aromatic heterocycles. The standard InChI is InChI=1S/C8H11BrO2/c1-11-7-3-4-5(8(7)9)2-6(4)10/h4-5,7-8H,2-3H2,1H3/t4?,5?,7-,8-/m1/s1.